The molecule has 13 heavy (non-hydrogen) atoms. The monoisotopic (exact) mass is 220 g/mol. The van der Waals surface area contributed by atoms with Gasteiger partial charge in [-0.15, -0.1) is 0 Å². The minimum absolute atomic E-state index is 0.691. The molecule has 0 aromatic carbocycles. The molecule has 5 heteroatoms. The highest BCUT2D eigenvalue weighted by molar-refractivity contribution is 8.13. The van der Waals surface area contributed by atoms with Gasteiger partial charge in [0.25, 0.3) is 0 Å². The van der Waals surface area contributed by atoms with Crippen LogP contribution in [0.15, 0.2) is 4.99 Å². The van der Waals surface area contributed by atoms with E-state index in [0.717, 1.165) is 24.0 Å². The van der Waals surface area contributed by atoms with Crippen molar-refractivity contribution in [2.24, 2.45) is 10.9 Å². The summed E-state index contributed by atoms with van der Waals surface area (Å²) in [4.78, 5) is 4.38. The first-order valence-corrected chi connectivity index (χ1v) is 7.11. The Bertz CT molecular complexity index is 218. The average Bonchev–Trinajstić information content (AvgIpc) is 2.08. The smallest absolute Gasteiger partial charge is 0.156 e. The van der Waals surface area contributed by atoms with E-state index >= 15 is 0 Å². The minimum atomic E-state index is -0.704. The van der Waals surface area contributed by atoms with E-state index in [1.54, 1.807) is 18.0 Å². The summed E-state index contributed by atoms with van der Waals surface area (Å²) >= 11 is 1.76. The van der Waals surface area contributed by atoms with Crippen molar-refractivity contribution in [3.05, 3.63) is 0 Å². The molecule has 2 unspecified atom stereocenters. The van der Waals surface area contributed by atoms with Gasteiger partial charge >= 0.3 is 0 Å². The first-order chi connectivity index (χ1) is 6.18. The summed E-state index contributed by atoms with van der Waals surface area (Å²) in [7, 11) is -0.704. The first kappa shape index (κ1) is 11.0. The van der Waals surface area contributed by atoms with Crippen molar-refractivity contribution in [3.8, 4) is 0 Å². The lowest BCUT2D eigenvalue weighted by atomic mass is 10.2. The number of aliphatic imine (C=N–C) groups is 1. The van der Waals surface area contributed by atoms with Gasteiger partial charge in [0.2, 0.25) is 0 Å². The molecular formula is C8H16N2OS2. The minimum Gasteiger partial charge on any atom is -0.364 e. The van der Waals surface area contributed by atoms with Crippen LogP contribution in [-0.2, 0) is 10.8 Å². The third-order valence-electron chi connectivity index (χ3n) is 1.72. The molecule has 0 amide bonds. The quantitative estimate of drug-likeness (QED) is 0.761. The molecule has 0 spiro atoms. The van der Waals surface area contributed by atoms with Crippen molar-refractivity contribution in [1.29, 1.82) is 0 Å². The summed E-state index contributed by atoms with van der Waals surface area (Å²) in [5.41, 5.74) is 0. The van der Waals surface area contributed by atoms with Gasteiger partial charge in [-0.2, -0.15) is 0 Å². The van der Waals surface area contributed by atoms with Crippen LogP contribution in [0.2, 0.25) is 0 Å². The molecule has 0 saturated heterocycles. The number of amidine groups is 1. The van der Waals surface area contributed by atoms with E-state index < -0.39 is 10.8 Å². The first-order valence-electron chi connectivity index (χ1n) is 4.39. The molecule has 0 radical (unpaired) electrons. The van der Waals surface area contributed by atoms with Crippen molar-refractivity contribution in [2.45, 2.75) is 6.92 Å². The fourth-order valence-electron chi connectivity index (χ4n) is 0.967. The van der Waals surface area contributed by atoms with E-state index in [9.17, 15) is 4.21 Å². The van der Waals surface area contributed by atoms with Crippen LogP contribution in [-0.4, -0.2) is 40.2 Å². The van der Waals surface area contributed by atoms with E-state index in [1.165, 1.54) is 0 Å². The standard InChI is InChI=1S/C8H16N2OS2/c1-7-5-10-8(12-6-7)9-3-4-13(2)11/h7H,3-6H2,1-2H3,(H,9,10). The molecule has 2 atom stereocenters. The van der Waals surface area contributed by atoms with Gasteiger partial charge in [-0.1, -0.05) is 18.7 Å². The van der Waals surface area contributed by atoms with Crippen LogP contribution in [0.4, 0.5) is 0 Å². The van der Waals surface area contributed by atoms with Crippen molar-refractivity contribution in [2.75, 3.05) is 30.9 Å². The second-order valence-corrected chi connectivity index (χ2v) is 5.83. The second-order valence-electron chi connectivity index (χ2n) is 3.27. The van der Waals surface area contributed by atoms with E-state index in [-0.39, 0.29) is 0 Å². The predicted octanol–water partition coefficient (Wildman–Crippen LogP) is 0.693. The Balaban J connectivity index is 2.18. The van der Waals surface area contributed by atoms with Gasteiger partial charge in [-0.25, -0.2) is 0 Å². The van der Waals surface area contributed by atoms with Crippen LogP contribution in [0.1, 0.15) is 6.92 Å². The van der Waals surface area contributed by atoms with Crippen LogP contribution in [0.3, 0.4) is 0 Å². The Hall–Kier alpha value is -0.0300. The second kappa shape index (κ2) is 5.65. The highest BCUT2D eigenvalue weighted by Crippen LogP contribution is 2.15. The SMILES string of the molecule is CC1CN=C(NCCS(C)=O)SC1. The Kier molecular flexibility index (Phi) is 4.80. The van der Waals surface area contributed by atoms with Crippen molar-refractivity contribution in [1.82, 2.24) is 5.32 Å². The molecule has 1 aliphatic rings. The summed E-state index contributed by atoms with van der Waals surface area (Å²) < 4.78 is 10.8. The van der Waals surface area contributed by atoms with E-state index in [4.69, 9.17) is 0 Å². The van der Waals surface area contributed by atoms with Crippen molar-refractivity contribution in [3.63, 3.8) is 0 Å². The normalized spacial score (nSPS) is 25.1. The van der Waals surface area contributed by atoms with Gasteiger partial charge in [0.1, 0.15) is 0 Å². The van der Waals surface area contributed by atoms with Crippen molar-refractivity contribution < 1.29 is 4.21 Å². The van der Waals surface area contributed by atoms with Crippen molar-refractivity contribution >= 4 is 27.7 Å². The number of hydrogen-bond donors (Lipinski definition) is 1. The Morgan fingerprint density at radius 3 is 3.08 bits per heavy atom. The van der Waals surface area contributed by atoms with Crippen LogP contribution >= 0.6 is 11.8 Å². The summed E-state index contributed by atoms with van der Waals surface area (Å²) in [6.07, 6.45) is 1.72. The molecule has 0 aliphatic carbocycles. The summed E-state index contributed by atoms with van der Waals surface area (Å²) in [6, 6.07) is 0. The Morgan fingerprint density at radius 1 is 1.77 bits per heavy atom. The summed E-state index contributed by atoms with van der Waals surface area (Å²) in [5, 5.41) is 4.21. The molecule has 0 aromatic heterocycles. The topological polar surface area (TPSA) is 41.5 Å². The predicted molar refractivity (Wildman–Crippen MR) is 60.9 cm³/mol. The third kappa shape index (κ3) is 4.67. The highest BCUT2D eigenvalue weighted by Gasteiger charge is 2.11. The zero-order chi connectivity index (χ0) is 9.68. The summed E-state index contributed by atoms with van der Waals surface area (Å²) in [6.45, 7) is 3.89. The zero-order valence-electron chi connectivity index (χ0n) is 8.08. The molecular weight excluding hydrogens is 204 g/mol. The Morgan fingerprint density at radius 2 is 2.54 bits per heavy atom. The third-order valence-corrected chi connectivity index (χ3v) is 3.78. The maximum Gasteiger partial charge on any atom is 0.156 e. The molecule has 0 bridgehead atoms. The van der Waals surface area contributed by atoms with Crippen LogP contribution in [0, 0.1) is 5.92 Å². The number of rotatable bonds is 3. The fraction of sp³-hybridized carbons (Fsp3) is 0.875. The molecule has 0 aromatic rings. The van der Waals surface area contributed by atoms with Gasteiger partial charge in [-0.05, 0) is 5.92 Å². The number of thioether (sulfide) groups is 1. The zero-order valence-corrected chi connectivity index (χ0v) is 9.71. The van der Waals surface area contributed by atoms with E-state index in [0.29, 0.717) is 11.7 Å². The summed E-state index contributed by atoms with van der Waals surface area (Å²) in [5.74, 6) is 2.53. The lowest BCUT2D eigenvalue weighted by Gasteiger charge is -2.17. The van der Waals surface area contributed by atoms with Crippen LogP contribution < -0.4 is 5.32 Å². The van der Waals surface area contributed by atoms with E-state index in [2.05, 4.69) is 17.2 Å². The molecule has 0 fully saturated rings. The number of nitrogens with zero attached hydrogens (tertiary/aromatic N) is 1. The maximum atomic E-state index is 10.8. The number of nitrogens with one attached hydrogen (secondary N) is 1. The highest BCUT2D eigenvalue weighted by atomic mass is 32.2. The van der Waals surface area contributed by atoms with Gasteiger partial charge in [0, 0.05) is 41.7 Å². The van der Waals surface area contributed by atoms with E-state index in [1.807, 2.05) is 0 Å². The lowest BCUT2D eigenvalue weighted by Crippen LogP contribution is -2.29. The maximum absolute atomic E-state index is 10.8. The van der Waals surface area contributed by atoms with Gasteiger partial charge in [0.05, 0.1) is 0 Å². The molecule has 1 aliphatic heterocycles. The molecule has 1 rings (SSSR count). The molecule has 3 nitrogen and oxygen atoms in total. The molecule has 0 saturated carbocycles. The Labute approximate surface area is 86.2 Å². The van der Waals surface area contributed by atoms with Gasteiger partial charge < -0.3 is 5.32 Å². The molecule has 1 heterocycles. The lowest BCUT2D eigenvalue weighted by molar-refractivity contribution is 0.669. The average molecular weight is 220 g/mol. The van der Waals surface area contributed by atoms with Crippen LogP contribution in [0.25, 0.3) is 0 Å². The number of hydrogen-bond acceptors (Lipinski definition) is 4. The van der Waals surface area contributed by atoms with Crippen LogP contribution in [0.5, 0.6) is 0 Å². The largest absolute Gasteiger partial charge is 0.364 e. The molecule has 1 N–H and O–H groups in total. The van der Waals surface area contributed by atoms with Gasteiger partial charge in [0.15, 0.2) is 5.17 Å². The molecule has 76 valence electrons. The fourth-order valence-corrected chi connectivity index (χ4v) is 2.27. The van der Waals surface area contributed by atoms with Gasteiger partial charge in [-0.3, -0.25) is 9.20 Å².